The van der Waals surface area contributed by atoms with Crippen LogP contribution in [0, 0.1) is 5.82 Å². The highest BCUT2D eigenvalue weighted by molar-refractivity contribution is 7.17. The number of rotatable bonds is 5. The molecule has 0 N–H and O–H groups in total. The highest BCUT2D eigenvalue weighted by Crippen LogP contribution is 2.31. The van der Waals surface area contributed by atoms with Crippen LogP contribution in [-0.4, -0.2) is 27.6 Å². The molecule has 0 bridgehead atoms. The number of aromatic nitrogens is 3. The quantitative estimate of drug-likeness (QED) is 0.482. The third-order valence-corrected chi connectivity index (χ3v) is 5.24. The van der Waals surface area contributed by atoms with Crippen molar-refractivity contribution in [3.8, 4) is 10.7 Å². The number of hydrogen-bond acceptors (Lipinski definition) is 6. The molecule has 0 unspecified atom stereocenters. The van der Waals surface area contributed by atoms with Crippen molar-refractivity contribution in [3.05, 3.63) is 71.2 Å². The Bertz CT molecular complexity index is 1080. The molecule has 0 atom stereocenters. The van der Waals surface area contributed by atoms with Crippen molar-refractivity contribution < 1.29 is 13.6 Å². The predicted octanol–water partition coefficient (Wildman–Crippen LogP) is 4.27. The Hall–Kier alpha value is -3.26. The van der Waals surface area contributed by atoms with E-state index >= 15 is 0 Å². The summed E-state index contributed by atoms with van der Waals surface area (Å²) in [7, 11) is 3.68. The van der Waals surface area contributed by atoms with Crippen molar-refractivity contribution in [1.82, 2.24) is 14.8 Å². The van der Waals surface area contributed by atoms with Gasteiger partial charge in [-0.3, -0.25) is 9.36 Å². The third kappa shape index (κ3) is 3.15. The van der Waals surface area contributed by atoms with Crippen molar-refractivity contribution in [2.45, 2.75) is 0 Å². The summed E-state index contributed by atoms with van der Waals surface area (Å²) in [6.45, 7) is 0. The molecule has 3 aromatic heterocycles. The summed E-state index contributed by atoms with van der Waals surface area (Å²) in [6.07, 6.45) is 1.47. The Kier molecular flexibility index (Phi) is 4.33. The van der Waals surface area contributed by atoms with Crippen LogP contribution in [0.25, 0.3) is 10.7 Å². The molecule has 0 aliphatic rings. The van der Waals surface area contributed by atoms with Gasteiger partial charge >= 0.3 is 0 Å². The third-order valence-electron chi connectivity index (χ3n) is 4.16. The lowest BCUT2D eigenvalue weighted by Crippen LogP contribution is -2.14. The number of nitrogens with zero attached hydrogens (tertiary/aromatic N) is 4. The molecule has 27 heavy (non-hydrogen) atoms. The van der Waals surface area contributed by atoms with E-state index in [0.29, 0.717) is 22.4 Å². The Balaban J connectivity index is 1.63. The minimum Gasteiger partial charge on any atom is -0.461 e. The van der Waals surface area contributed by atoms with Crippen LogP contribution < -0.4 is 4.90 Å². The minimum atomic E-state index is -0.293. The average molecular weight is 382 g/mol. The highest BCUT2D eigenvalue weighted by atomic mass is 32.1. The average Bonchev–Trinajstić information content (AvgIpc) is 3.42. The van der Waals surface area contributed by atoms with Crippen molar-refractivity contribution in [1.29, 1.82) is 0 Å². The van der Waals surface area contributed by atoms with E-state index in [1.807, 2.05) is 29.6 Å². The fourth-order valence-electron chi connectivity index (χ4n) is 2.72. The molecule has 0 spiro atoms. The number of thiophene rings is 1. The van der Waals surface area contributed by atoms with E-state index in [1.54, 1.807) is 30.3 Å². The zero-order chi connectivity index (χ0) is 19.0. The maximum absolute atomic E-state index is 13.1. The maximum Gasteiger partial charge on any atom is 0.238 e. The molecule has 6 nitrogen and oxygen atoms in total. The van der Waals surface area contributed by atoms with Crippen LogP contribution in [0.1, 0.15) is 15.4 Å². The lowest BCUT2D eigenvalue weighted by atomic mass is 10.2. The van der Waals surface area contributed by atoms with Crippen molar-refractivity contribution in [3.63, 3.8) is 0 Å². The van der Waals surface area contributed by atoms with Crippen LogP contribution in [0.15, 0.2) is 59.2 Å². The summed E-state index contributed by atoms with van der Waals surface area (Å²) in [4.78, 5) is 15.6. The molecule has 0 fully saturated rings. The van der Waals surface area contributed by atoms with Crippen LogP contribution in [0.3, 0.4) is 0 Å². The van der Waals surface area contributed by atoms with Gasteiger partial charge in [-0.15, -0.1) is 21.5 Å². The number of carbonyl (C=O) groups excluding carboxylic acids is 1. The molecular weight excluding hydrogens is 367 g/mol. The van der Waals surface area contributed by atoms with Gasteiger partial charge in [0.15, 0.2) is 11.6 Å². The number of halogens is 1. The van der Waals surface area contributed by atoms with Gasteiger partial charge < -0.3 is 9.32 Å². The Labute approximate surface area is 158 Å². The fourth-order valence-corrected chi connectivity index (χ4v) is 3.69. The number of carbonyl (C=O) groups is 1. The van der Waals surface area contributed by atoms with E-state index in [2.05, 4.69) is 10.2 Å². The molecule has 0 saturated carbocycles. The molecule has 0 aliphatic carbocycles. The standard InChI is InChI=1S/C19H15FN4O2S/c1-23(13-7-5-12(20)6-8-13)19-22-21-18(24(19)2)16-10-9-15(27-16)17(25)14-4-3-11-26-14/h3-11H,1-2H3. The lowest BCUT2D eigenvalue weighted by Gasteiger charge is -2.17. The second-order valence-electron chi connectivity index (χ2n) is 5.89. The minimum absolute atomic E-state index is 0.165. The Morgan fingerprint density at radius 3 is 2.63 bits per heavy atom. The molecule has 4 aromatic rings. The molecule has 4 rings (SSSR count). The molecule has 1 aromatic carbocycles. The number of ketones is 1. The van der Waals surface area contributed by atoms with Gasteiger partial charge in [-0.05, 0) is 48.5 Å². The first-order valence-corrected chi connectivity index (χ1v) is 8.93. The zero-order valence-electron chi connectivity index (χ0n) is 14.6. The van der Waals surface area contributed by atoms with Crippen molar-refractivity contribution in [2.24, 2.45) is 7.05 Å². The van der Waals surface area contributed by atoms with Crippen LogP contribution in [0.4, 0.5) is 16.0 Å². The molecule has 0 amide bonds. The lowest BCUT2D eigenvalue weighted by molar-refractivity contribution is 0.101. The number of anilines is 2. The normalized spacial score (nSPS) is 10.9. The van der Waals surface area contributed by atoms with E-state index < -0.39 is 0 Å². The van der Waals surface area contributed by atoms with Gasteiger partial charge in [0, 0.05) is 19.8 Å². The first-order valence-electron chi connectivity index (χ1n) is 8.11. The molecule has 0 aliphatic heterocycles. The largest absolute Gasteiger partial charge is 0.461 e. The van der Waals surface area contributed by atoms with Gasteiger partial charge in [0.1, 0.15) is 5.82 Å². The van der Waals surface area contributed by atoms with Crippen molar-refractivity contribution >= 4 is 28.8 Å². The summed E-state index contributed by atoms with van der Waals surface area (Å²) >= 11 is 1.33. The summed E-state index contributed by atoms with van der Waals surface area (Å²) in [6, 6.07) is 13.1. The zero-order valence-corrected chi connectivity index (χ0v) is 15.4. The second-order valence-corrected chi connectivity index (χ2v) is 6.97. The van der Waals surface area contributed by atoms with Crippen molar-refractivity contribution in [2.75, 3.05) is 11.9 Å². The van der Waals surface area contributed by atoms with Gasteiger partial charge in [-0.1, -0.05) is 0 Å². The van der Waals surface area contributed by atoms with Crippen LogP contribution >= 0.6 is 11.3 Å². The first kappa shape index (κ1) is 17.2. The topological polar surface area (TPSA) is 64.2 Å². The molecular formula is C19H15FN4O2S. The Morgan fingerprint density at radius 1 is 1.15 bits per heavy atom. The van der Waals surface area contributed by atoms with Crippen LogP contribution in [0.5, 0.6) is 0 Å². The van der Waals surface area contributed by atoms with E-state index in [9.17, 15) is 9.18 Å². The highest BCUT2D eigenvalue weighted by Gasteiger charge is 2.19. The van der Waals surface area contributed by atoms with Crippen LogP contribution in [0.2, 0.25) is 0 Å². The maximum atomic E-state index is 13.1. The summed E-state index contributed by atoms with van der Waals surface area (Å²) in [5.74, 6) is 1.09. The van der Waals surface area contributed by atoms with E-state index in [0.717, 1.165) is 10.6 Å². The Morgan fingerprint density at radius 2 is 1.93 bits per heavy atom. The molecule has 136 valence electrons. The first-order chi connectivity index (χ1) is 13.0. The summed E-state index contributed by atoms with van der Waals surface area (Å²) in [5, 5.41) is 8.50. The number of furan rings is 1. The van der Waals surface area contributed by atoms with E-state index in [-0.39, 0.29) is 11.6 Å². The molecule has 8 heteroatoms. The van der Waals surface area contributed by atoms with Gasteiger partial charge in [0.2, 0.25) is 11.7 Å². The van der Waals surface area contributed by atoms with Gasteiger partial charge in [0.25, 0.3) is 0 Å². The number of hydrogen-bond donors (Lipinski definition) is 0. The van der Waals surface area contributed by atoms with E-state index in [4.69, 9.17) is 4.42 Å². The SMILES string of the molecule is CN(c1ccc(F)cc1)c1nnc(-c2ccc(C(=O)c3ccco3)s2)n1C. The smallest absolute Gasteiger partial charge is 0.238 e. The second kappa shape index (κ2) is 6.81. The monoisotopic (exact) mass is 382 g/mol. The summed E-state index contributed by atoms with van der Waals surface area (Å²) < 4.78 is 20.1. The van der Waals surface area contributed by atoms with Gasteiger partial charge in [-0.25, -0.2) is 4.39 Å². The van der Waals surface area contributed by atoms with Gasteiger partial charge in [0.05, 0.1) is 16.0 Å². The van der Waals surface area contributed by atoms with E-state index in [1.165, 1.54) is 29.7 Å². The van der Waals surface area contributed by atoms with Crippen LogP contribution in [-0.2, 0) is 7.05 Å². The summed E-state index contributed by atoms with van der Waals surface area (Å²) in [5.41, 5.74) is 0.790. The fraction of sp³-hybridized carbons (Fsp3) is 0.105. The molecule has 0 saturated heterocycles. The van der Waals surface area contributed by atoms with Gasteiger partial charge in [-0.2, -0.15) is 0 Å². The molecule has 3 heterocycles. The predicted molar refractivity (Wildman–Crippen MR) is 101 cm³/mol. The number of benzene rings is 1. The molecule has 0 radical (unpaired) electrons.